The lowest BCUT2D eigenvalue weighted by Crippen LogP contribution is -2.30. The van der Waals surface area contributed by atoms with E-state index in [2.05, 4.69) is 34.6 Å². The van der Waals surface area contributed by atoms with Crippen molar-refractivity contribution in [2.45, 2.75) is 419 Å². The number of ether oxygens (including phenoxy) is 4. The molecule has 3 N–H and O–H groups in total. The molecule has 0 heterocycles. The van der Waals surface area contributed by atoms with Crippen LogP contribution >= 0.6 is 15.6 Å². The highest BCUT2D eigenvalue weighted by molar-refractivity contribution is 7.47. The Morgan fingerprint density at radius 2 is 0.505 bits per heavy atom. The Kier molecular flexibility index (Phi) is 67.7. The van der Waals surface area contributed by atoms with Crippen molar-refractivity contribution in [2.75, 3.05) is 39.6 Å². The first kappa shape index (κ1) is 93.1. The number of esters is 4. The van der Waals surface area contributed by atoms with Crippen molar-refractivity contribution in [2.24, 2.45) is 5.92 Å². The first-order chi connectivity index (χ1) is 46.1. The summed E-state index contributed by atoms with van der Waals surface area (Å²) in [5.74, 6) is -1.31. The van der Waals surface area contributed by atoms with Crippen molar-refractivity contribution in [3.05, 3.63) is 0 Å². The average molecular weight is 1400 g/mol. The van der Waals surface area contributed by atoms with E-state index in [0.717, 1.165) is 102 Å². The molecule has 0 bridgehead atoms. The highest BCUT2D eigenvalue weighted by Gasteiger charge is 2.30. The molecule has 564 valence electrons. The summed E-state index contributed by atoms with van der Waals surface area (Å²) in [4.78, 5) is 72.7. The van der Waals surface area contributed by atoms with Crippen molar-refractivity contribution < 1.29 is 80.2 Å². The molecule has 0 aliphatic rings. The van der Waals surface area contributed by atoms with Gasteiger partial charge in [0.2, 0.25) is 0 Å². The largest absolute Gasteiger partial charge is 0.472 e. The van der Waals surface area contributed by atoms with Crippen molar-refractivity contribution in [3.8, 4) is 0 Å². The van der Waals surface area contributed by atoms with Gasteiger partial charge in [-0.15, -0.1) is 0 Å². The van der Waals surface area contributed by atoms with Gasteiger partial charge in [0.1, 0.15) is 19.3 Å². The fourth-order valence-corrected chi connectivity index (χ4v) is 13.3. The fourth-order valence-electron chi connectivity index (χ4n) is 11.7. The number of hydrogen-bond donors (Lipinski definition) is 3. The van der Waals surface area contributed by atoms with Gasteiger partial charge in [-0.05, 0) is 31.6 Å². The number of hydrogen-bond acceptors (Lipinski definition) is 15. The summed E-state index contributed by atoms with van der Waals surface area (Å²) >= 11 is 0. The molecule has 0 spiro atoms. The van der Waals surface area contributed by atoms with Gasteiger partial charge in [0, 0.05) is 25.7 Å². The third-order valence-corrected chi connectivity index (χ3v) is 20.0. The van der Waals surface area contributed by atoms with Crippen molar-refractivity contribution in [1.29, 1.82) is 0 Å². The number of unbranched alkanes of at least 4 members (excludes halogenated alkanes) is 47. The van der Waals surface area contributed by atoms with Crippen molar-refractivity contribution in [1.82, 2.24) is 0 Å². The molecule has 0 amide bonds. The van der Waals surface area contributed by atoms with Crippen LogP contribution in [0.25, 0.3) is 0 Å². The third-order valence-electron chi connectivity index (χ3n) is 18.1. The molecule has 0 saturated heterocycles. The lowest BCUT2D eigenvalue weighted by atomic mass is 9.99. The molecule has 0 radical (unpaired) electrons. The maximum atomic E-state index is 13.1. The lowest BCUT2D eigenvalue weighted by molar-refractivity contribution is -0.161. The number of rotatable bonds is 76. The van der Waals surface area contributed by atoms with E-state index < -0.39 is 97.5 Å². The van der Waals surface area contributed by atoms with Crippen molar-refractivity contribution >= 4 is 39.5 Å². The molecule has 17 nitrogen and oxygen atoms in total. The number of aliphatic hydroxyl groups excluding tert-OH is 1. The van der Waals surface area contributed by atoms with Crippen LogP contribution in [0.1, 0.15) is 401 Å². The molecule has 0 aromatic heterocycles. The minimum absolute atomic E-state index is 0.106. The molecule has 6 atom stereocenters. The maximum Gasteiger partial charge on any atom is 0.472 e. The molecule has 0 aromatic carbocycles. The summed E-state index contributed by atoms with van der Waals surface area (Å²) in [6, 6.07) is 0. The van der Waals surface area contributed by atoms with Gasteiger partial charge in [-0.3, -0.25) is 37.3 Å². The Labute approximate surface area is 581 Å². The van der Waals surface area contributed by atoms with Crippen LogP contribution in [0, 0.1) is 5.92 Å². The molecule has 0 aliphatic heterocycles. The van der Waals surface area contributed by atoms with Gasteiger partial charge in [-0.1, -0.05) is 349 Å². The van der Waals surface area contributed by atoms with Crippen LogP contribution in [0.5, 0.6) is 0 Å². The van der Waals surface area contributed by atoms with Crippen LogP contribution < -0.4 is 0 Å². The molecule has 19 heteroatoms. The van der Waals surface area contributed by atoms with Crippen LogP contribution in [0.15, 0.2) is 0 Å². The number of aliphatic hydroxyl groups is 1. The minimum atomic E-state index is -4.96. The quantitative estimate of drug-likeness (QED) is 0.0222. The molecule has 95 heavy (non-hydrogen) atoms. The van der Waals surface area contributed by atoms with Gasteiger partial charge in [0.15, 0.2) is 12.2 Å². The number of phosphoric acid groups is 2. The van der Waals surface area contributed by atoms with E-state index >= 15 is 0 Å². The van der Waals surface area contributed by atoms with E-state index in [1.807, 2.05) is 0 Å². The Morgan fingerprint density at radius 1 is 0.295 bits per heavy atom. The Hall–Kier alpha value is -1.94. The van der Waals surface area contributed by atoms with Gasteiger partial charge in [-0.25, -0.2) is 9.13 Å². The van der Waals surface area contributed by atoms with Crippen LogP contribution in [0.4, 0.5) is 0 Å². The van der Waals surface area contributed by atoms with Crippen LogP contribution in [0.2, 0.25) is 0 Å². The zero-order valence-corrected chi connectivity index (χ0v) is 63.6. The highest BCUT2D eigenvalue weighted by Crippen LogP contribution is 2.45. The first-order valence-corrected chi connectivity index (χ1v) is 42.7. The van der Waals surface area contributed by atoms with Crippen LogP contribution in [-0.2, 0) is 65.4 Å². The summed E-state index contributed by atoms with van der Waals surface area (Å²) in [6.45, 7) is 7.30. The summed E-state index contributed by atoms with van der Waals surface area (Å²) in [7, 11) is -9.91. The minimum Gasteiger partial charge on any atom is -0.462 e. The smallest absolute Gasteiger partial charge is 0.462 e. The second-order valence-electron chi connectivity index (χ2n) is 27.6. The van der Waals surface area contributed by atoms with Gasteiger partial charge in [0.25, 0.3) is 0 Å². The zero-order chi connectivity index (χ0) is 69.8. The van der Waals surface area contributed by atoms with Crippen molar-refractivity contribution in [3.63, 3.8) is 0 Å². The predicted molar refractivity (Wildman–Crippen MR) is 386 cm³/mol. The fraction of sp³-hybridized carbons (Fsp3) is 0.947. The summed E-state index contributed by atoms with van der Waals surface area (Å²) in [6.07, 6.45) is 58.2. The standard InChI is InChI=1S/C76H148O17P2/c1-6-10-13-16-19-22-24-26-28-30-32-34-36-41-46-51-56-61-75(80)93-72(66-87-74(79)60-55-50-45-40-35-33-31-29-27-25-23-20-17-14-11-7-2)68-91-95(84,85)89-64-70(77)63-88-94(82,83)90-67-71(65-86-73(78)59-54-49-44-21-18-15-12-8-3)92-76(81)62-57-52-47-42-38-37-39-43-48-53-58-69(5)9-4/h69-72,77H,6-68H2,1-5H3,(H,82,83)(H,84,85)/t69?,70-,71+,72+/m0/s1. The Morgan fingerprint density at radius 3 is 0.747 bits per heavy atom. The number of phosphoric ester groups is 2. The average Bonchev–Trinajstić information content (AvgIpc) is 1.42. The maximum absolute atomic E-state index is 13.1. The molecule has 0 aliphatic carbocycles. The van der Waals surface area contributed by atoms with E-state index in [0.29, 0.717) is 25.7 Å². The topological polar surface area (TPSA) is 237 Å². The van der Waals surface area contributed by atoms with E-state index in [4.69, 9.17) is 37.0 Å². The van der Waals surface area contributed by atoms with E-state index in [9.17, 15) is 43.2 Å². The van der Waals surface area contributed by atoms with Gasteiger partial charge in [-0.2, -0.15) is 0 Å². The summed E-state index contributed by atoms with van der Waals surface area (Å²) in [5.41, 5.74) is 0. The molecule has 0 rings (SSSR count). The predicted octanol–water partition coefficient (Wildman–Crippen LogP) is 22.5. The van der Waals surface area contributed by atoms with Gasteiger partial charge >= 0.3 is 39.5 Å². The molecule has 0 fully saturated rings. The molecular weight excluding hydrogens is 1250 g/mol. The first-order valence-electron chi connectivity index (χ1n) is 39.7. The lowest BCUT2D eigenvalue weighted by Gasteiger charge is -2.21. The number of carbonyl (C=O) groups is 4. The highest BCUT2D eigenvalue weighted by atomic mass is 31.2. The van der Waals surface area contributed by atoms with E-state index in [1.54, 1.807) is 0 Å². The molecule has 0 aromatic rings. The number of carbonyl (C=O) groups excluding carboxylic acids is 4. The SMILES string of the molecule is CCCCCCCCCCCCCCCCCCCC(=O)O[C@H](COC(=O)CCCCCCCCCCCCCCCCCC)COP(=O)(O)OC[C@@H](O)COP(=O)(O)OC[C@@H](COC(=O)CCCCCCCCCC)OC(=O)CCCCCCCCCCCCC(C)CC. The second-order valence-corrected chi connectivity index (χ2v) is 30.5. The van der Waals surface area contributed by atoms with Crippen LogP contribution in [-0.4, -0.2) is 96.7 Å². The zero-order valence-electron chi connectivity index (χ0n) is 61.8. The Bertz CT molecular complexity index is 1820. The molecular formula is C76H148O17P2. The van der Waals surface area contributed by atoms with E-state index in [-0.39, 0.29) is 25.7 Å². The summed E-state index contributed by atoms with van der Waals surface area (Å²) < 4.78 is 68.5. The second kappa shape index (κ2) is 69.2. The summed E-state index contributed by atoms with van der Waals surface area (Å²) in [5, 5.41) is 10.6. The van der Waals surface area contributed by atoms with Gasteiger partial charge < -0.3 is 33.8 Å². The normalized spacial score (nSPS) is 14.2. The van der Waals surface area contributed by atoms with E-state index in [1.165, 1.54) is 218 Å². The van der Waals surface area contributed by atoms with Crippen LogP contribution in [0.3, 0.4) is 0 Å². The Balaban J connectivity index is 5.22. The molecule has 0 saturated carbocycles. The monoisotopic (exact) mass is 1400 g/mol. The van der Waals surface area contributed by atoms with Gasteiger partial charge in [0.05, 0.1) is 26.4 Å². The molecule has 3 unspecified atom stereocenters. The third kappa shape index (κ3) is 69.0.